The Kier molecular flexibility index (Phi) is 5.76. The normalized spacial score (nSPS) is 19.6. The van der Waals surface area contributed by atoms with Crippen molar-refractivity contribution in [3.05, 3.63) is 35.4 Å². The Balaban J connectivity index is 0.00000225. The third-order valence-corrected chi connectivity index (χ3v) is 4.27. The van der Waals surface area contributed by atoms with E-state index in [9.17, 15) is 19.2 Å². The molecule has 8 nitrogen and oxygen atoms in total. The molecule has 0 aromatic heterocycles. The molecule has 1 aromatic rings. The maximum absolute atomic E-state index is 12.0. The fraction of sp³-hybridized carbons (Fsp3) is 0.375. The number of imide groups is 2. The number of urea groups is 1. The number of carbonyl (C=O) groups excluding carboxylic acids is 4. The van der Waals surface area contributed by atoms with E-state index in [0.717, 1.165) is 18.5 Å². The summed E-state index contributed by atoms with van der Waals surface area (Å²) in [5.74, 6) is -2.38. The van der Waals surface area contributed by atoms with E-state index in [0.29, 0.717) is 16.3 Å². The molecule has 1 aromatic carbocycles. The Bertz CT molecular complexity index is 724. The maximum atomic E-state index is 12.0. The van der Waals surface area contributed by atoms with Gasteiger partial charge in [-0.1, -0.05) is 24.3 Å². The summed E-state index contributed by atoms with van der Waals surface area (Å²) in [6.07, 6.45) is 0.936. The quantitative estimate of drug-likeness (QED) is 0.569. The summed E-state index contributed by atoms with van der Waals surface area (Å²) in [7, 11) is 1.21. The van der Waals surface area contributed by atoms with E-state index in [1.165, 1.54) is 12.6 Å². The van der Waals surface area contributed by atoms with E-state index in [2.05, 4.69) is 16.7 Å². The molecule has 0 saturated carbocycles. The van der Waals surface area contributed by atoms with Crippen molar-refractivity contribution < 1.29 is 19.2 Å². The van der Waals surface area contributed by atoms with Crippen LogP contribution in [0, 0.1) is 0 Å². The topological polar surface area (TPSA) is 98.8 Å². The van der Waals surface area contributed by atoms with Crippen LogP contribution in [0.25, 0.3) is 0 Å². The summed E-state index contributed by atoms with van der Waals surface area (Å²) < 4.78 is 0. The van der Waals surface area contributed by atoms with Crippen LogP contribution in [0.1, 0.15) is 17.2 Å². The van der Waals surface area contributed by atoms with Gasteiger partial charge < -0.3 is 10.6 Å². The van der Waals surface area contributed by atoms with Gasteiger partial charge in [-0.15, -0.1) is 12.4 Å². The number of fused-ring (bicyclic) bond motifs is 1. The minimum Gasteiger partial charge on any atom is -0.353 e. The van der Waals surface area contributed by atoms with Gasteiger partial charge in [0, 0.05) is 19.6 Å². The zero-order valence-electron chi connectivity index (χ0n) is 13.7. The highest BCUT2D eigenvalue weighted by atomic mass is 35.5. The van der Waals surface area contributed by atoms with Crippen LogP contribution < -0.4 is 10.6 Å². The van der Waals surface area contributed by atoms with Gasteiger partial charge in [-0.3, -0.25) is 19.3 Å². The molecule has 1 fully saturated rings. The Morgan fingerprint density at radius 3 is 2.64 bits per heavy atom. The molecule has 1 unspecified atom stereocenters. The number of carbonyl (C=O) groups is 4. The number of halogens is 1. The lowest BCUT2D eigenvalue weighted by Gasteiger charge is -2.27. The molecular formula is C16H19ClN4O4. The van der Waals surface area contributed by atoms with Crippen LogP contribution >= 0.6 is 12.4 Å². The van der Waals surface area contributed by atoms with E-state index in [-0.39, 0.29) is 18.4 Å². The fourth-order valence-corrected chi connectivity index (χ4v) is 2.94. The molecule has 25 heavy (non-hydrogen) atoms. The standard InChI is InChI=1S/C16H18N4O4.ClH/c1-19-14(22)15(23)20(16(19)24)9-13(21)18-8-12-11-5-3-2-4-10(11)6-7-17-12;/h2-5,12,17H,6-9H2,1H3,(H,18,21);1H. The van der Waals surface area contributed by atoms with E-state index < -0.39 is 30.3 Å². The van der Waals surface area contributed by atoms with Crippen LogP contribution in [-0.4, -0.2) is 60.2 Å². The molecule has 134 valence electrons. The van der Waals surface area contributed by atoms with Crippen molar-refractivity contribution in [2.45, 2.75) is 12.5 Å². The lowest BCUT2D eigenvalue weighted by atomic mass is 9.94. The van der Waals surface area contributed by atoms with Gasteiger partial charge in [0.15, 0.2) is 0 Å². The lowest BCUT2D eigenvalue weighted by Crippen LogP contribution is -2.44. The molecule has 1 saturated heterocycles. The number of hydrogen-bond donors (Lipinski definition) is 2. The second-order valence-corrected chi connectivity index (χ2v) is 5.80. The van der Waals surface area contributed by atoms with Gasteiger partial charge >= 0.3 is 17.8 Å². The Hall–Kier alpha value is -2.45. The number of likely N-dealkylation sites (N-methyl/N-ethyl adjacent to an activating group) is 1. The van der Waals surface area contributed by atoms with Gasteiger partial charge in [0.25, 0.3) is 0 Å². The molecule has 2 N–H and O–H groups in total. The SMILES string of the molecule is CN1C(=O)C(=O)N(CC(=O)NCC2NCCc3ccccc32)C1=O.Cl. The predicted octanol–water partition coefficient (Wildman–Crippen LogP) is -0.168. The molecular weight excluding hydrogens is 348 g/mol. The lowest BCUT2D eigenvalue weighted by molar-refractivity contribution is -0.143. The summed E-state index contributed by atoms with van der Waals surface area (Å²) in [5.41, 5.74) is 2.37. The third kappa shape index (κ3) is 3.64. The van der Waals surface area contributed by atoms with E-state index >= 15 is 0 Å². The molecule has 9 heteroatoms. The molecule has 5 amide bonds. The van der Waals surface area contributed by atoms with Crippen molar-refractivity contribution in [3.63, 3.8) is 0 Å². The minimum absolute atomic E-state index is 0. The first-order valence-corrected chi connectivity index (χ1v) is 7.70. The first-order valence-electron chi connectivity index (χ1n) is 7.70. The van der Waals surface area contributed by atoms with Crippen molar-refractivity contribution in [2.24, 2.45) is 0 Å². The van der Waals surface area contributed by atoms with Gasteiger partial charge in [-0.05, 0) is 24.1 Å². The summed E-state index contributed by atoms with van der Waals surface area (Å²) in [4.78, 5) is 48.2. The highest BCUT2D eigenvalue weighted by Crippen LogP contribution is 2.21. The molecule has 0 bridgehead atoms. The highest BCUT2D eigenvalue weighted by Gasteiger charge is 2.43. The molecule has 0 spiro atoms. The van der Waals surface area contributed by atoms with Gasteiger partial charge in [0.1, 0.15) is 6.54 Å². The van der Waals surface area contributed by atoms with Crippen LogP contribution in [0.15, 0.2) is 24.3 Å². The largest absolute Gasteiger partial charge is 0.353 e. The van der Waals surface area contributed by atoms with Crippen molar-refractivity contribution in [2.75, 3.05) is 26.7 Å². The molecule has 3 rings (SSSR count). The summed E-state index contributed by atoms with van der Waals surface area (Å²) >= 11 is 0. The minimum atomic E-state index is -0.973. The number of nitrogens with one attached hydrogen (secondary N) is 2. The van der Waals surface area contributed by atoms with Gasteiger partial charge in [-0.25, -0.2) is 9.69 Å². The van der Waals surface area contributed by atoms with E-state index in [1.54, 1.807) is 0 Å². The number of amides is 5. The number of hydrogen-bond acceptors (Lipinski definition) is 5. The van der Waals surface area contributed by atoms with Gasteiger partial charge in [0.05, 0.1) is 0 Å². The number of nitrogens with zero attached hydrogens (tertiary/aromatic N) is 2. The molecule has 0 radical (unpaired) electrons. The summed E-state index contributed by atoms with van der Waals surface area (Å²) in [5, 5.41) is 6.04. The number of rotatable bonds is 4. The van der Waals surface area contributed by atoms with Crippen LogP contribution in [0.3, 0.4) is 0 Å². The average Bonchev–Trinajstić information content (AvgIpc) is 2.78. The first-order chi connectivity index (χ1) is 11.5. The second kappa shape index (κ2) is 7.62. The van der Waals surface area contributed by atoms with Crippen LogP contribution in [-0.2, 0) is 20.8 Å². The van der Waals surface area contributed by atoms with Crippen molar-refractivity contribution in [1.82, 2.24) is 20.4 Å². The number of benzene rings is 1. The predicted molar refractivity (Wildman–Crippen MR) is 91.0 cm³/mol. The third-order valence-electron chi connectivity index (χ3n) is 4.27. The molecule has 2 aliphatic heterocycles. The average molecular weight is 367 g/mol. The summed E-state index contributed by atoms with van der Waals surface area (Å²) in [6, 6.07) is 7.21. The van der Waals surface area contributed by atoms with Crippen molar-refractivity contribution >= 4 is 36.2 Å². The monoisotopic (exact) mass is 366 g/mol. The zero-order chi connectivity index (χ0) is 17.3. The maximum Gasteiger partial charge on any atom is 0.334 e. The molecule has 1 atom stereocenters. The Morgan fingerprint density at radius 2 is 1.96 bits per heavy atom. The van der Waals surface area contributed by atoms with Crippen molar-refractivity contribution in [3.8, 4) is 0 Å². The van der Waals surface area contributed by atoms with Crippen LogP contribution in [0.2, 0.25) is 0 Å². The van der Waals surface area contributed by atoms with Crippen LogP contribution in [0.5, 0.6) is 0 Å². The second-order valence-electron chi connectivity index (χ2n) is 5.80. The Labute approximate surface area is 150 Å². The smallest absolute Gasteiger partial charge is 0.334 e. The van der Waals surface area contributed by atoms with Crippen molar-refractivity contribution in [1.29, 1.82) is 0 Å². The zero-order valence-corrected chi connectivity index (χ0v) is 14.5. The van der Waals surface area contributed by atoms with E-state index in [4.69, 9.17) is 0 Å². The fourth-order valence-electron chi connectivity index (χ4n) is 2.94. The highest BCUT2D eigenvalue weighted by molar-refractivity contribution is 6.44. The van der Waals surface area contributed by atoms with Crippen LogP contribution in [0.4, 0.5) is 4.79 Å². The van der Waals surface area contributed by atoms with Gasteiger partial charge in [-0.2, -0.15) is 0 Å². The molecule has 2 heterocycles. The Morgan fingerprint density at radius 1 is 1.24 bits per heavy atom. The van der Waals surface area contributed by atoms with Gasteiger partial charge in [0.2, 0.25) is 5.91 Å². The summed E-state index contributed by atoms with van der Waals surface area (Å²) in [6.45, 7) is 0.706. The molecule has 0 aliphatic carbocycles. The first kappa shape index (κ1) is 18.9. The van der Waals surface area contributed by atoms with E-state index in [1.807, 2.05) is 18.2 Å². The molecule has 2 aliphatic rings.